The van der Waals surface area contributed by atoms with Crippen LogP contribution in [0, 0.1) is 11.3 Å². The molecule has 0 unspecified atom stereocenters. The number of nitrogens with zero attached hydrogens (tertiary/aromatic N) is 4. The third-order valence-electron chi connectivity index (χ3n) is 6.30. The van der Waals surface area contributed by atoms with Gasteiger partial charge in [-0.05, 0) is 77.3 Å². The summed E-state index contributed by atoms with van der Waals surface area (Å²) < 4.78 is 5.48. The van der Waals surface area contributed by atoms with Crippen molar-refractivity contribution >= 4 is 23.4 Å². The van der Waals surface area contributed by atoms with E-state index in [-0.39, 0.29) is 18.0 Å². The summed E-state index contributed by atoms with van der Waals surface area (Å²) in [6, 6.07) is 9.48. The minimum absolute atomic E-state index is 0.103. The Labute approximate surface area is 200 Å². The van der Waals surface area contributed by atoms with Crippen LogP contribution in [0.3, 0.4) is 0 Å². The number of amides is 2. The van der Waals surface area contributed by atoms with E-state index >= 15 is 0 Å². The molecule has 2 aliphatic heterocycles. The van der Waals surface area contributed by atoms with Crippen LogP contribution in [0.25, 0.3) is 0 Å². The van der Waals surface area contributed by atoms with Gasteiger partial charge in [0, 0.05) is 24.7 Å². The lowest BCUT2D eigenvalue weighted by Gasteiger charge is -2.34. The smallest absolute Gasteiger partial charge is 0.410 e. The van der Waals surface area contributed by atoms with Gasteiger partial charge in [0.1, 0.15) is 5.60 Å². The molecule has 0 saturated carbocycles. The van der Waals surface area contributed by atoms with Crippen molar-refractivity contribution in [3.05, 3.63) is 53.3 Å². The number of pyridine rings is 1. The third kappa shape index (κ3) is 4.56. The van der Waals surface area contributed by atoms with Crippen molar-refractivity contribution in [2.75, 3.05) is 23.3 Å². The molecule has 8 heteroatoms. The monoisotopic (exact) mass is 461 g/mol. The number of fused-ring (bicyclic) bond motifs is 1. The van der Waals surface area contributed by atoms with E-state index in [2.05, 4.69) is 16.4 Å². The Morgan fingerprint density at radius 2 is 1.91 bits per heavy atom. The summed E-state index contributed by atoms with van der Waals surface area (Å²) in [6.45, 7) is 10.8. The number of carbonyl (C=O) groups is 2. The number of anilines is 2. The van der Waals surface area contributed by atoms with E-state index in [1.165, 1.54) is 0 Å². The van der Waals surface area contributed by atoms with Crippen molar-refractivity contribution in [2.24, 2.45) is 0 Å². The Bertz CT molecular complexity index is 1150. The summed E-state index contributed by atoms with van der Waals surface area (Å²) in [5.74, 6) is -0.103. The summed E-state index contributed by atoms with van der Waals surface area (Å²) in [7, 11) is 0. The van der Waals surface area contributed by atoms with Gasteiger partial charge >= 0.3 is 6.09 Å². The van der Waals surface area contributed by atoms with E-state index in [1.807, 2.05) is 40.7 Å². The van der Waals surface area contributed by atoms with E-state index < -0.39 is 11.1 Å². The second-order valence-corrected chi connectivity index (χ2v) is 10.4. The highest BCUT2D eigenvalue weighted by atomic mass is 16.6. The van der Waals surface area contributed by atoms with E-state index in [9.17, 15) is 14.9 Å². The molecule has 1 N–H and O–H groups in total. The summed E-state index contributed by atoms with van der Waals surface area (Å²) in [6.07, 6.45) is 4.74. The Morgan fingerprint density at radius 1 is 1.21 bits per heavy atom. The molecule has 3 heterocycles. The highest BCUT2D eigenvalue weighted by Crippen LogP contribution is 2.42. The Balaban J connectivity index is 1.46. The van der Waals surface area contributed by atoms with Crippen LogP contribution in [0.15, 0.2) is 36.7 Å². The van der Waals surface area contributed by atoms with Crippen LogP contribution < -0.4 is 10.2 Å². The SMILES string of the molecule is CC(C)(C)OC(=O)N1CCC(Nc2cncc(N3C(=O)c4ccc(C#N)cc4C3(C)C)c2)CC1. The number of nitriles is 1. The minimum Gasteiger partial charge on any atom is -0.444 e. The summed E-state index contributed by atoms with van der Waals surface area (Å²) in [5.41, 5.74) is 2.38. The fourth-order valence-corrected chi connectivity index (χ4v) is 4.64. The predicted molar refractivity (Wildman–Crippen MR) is 130 cm³/mol. The molecule has 34 heavy (non-hydrogen) atoms. The molecule has 0 radical (unpaired) electrons. The third-order valence-corrected chi connectivity index (χ3v) is 6.30. The van der Waals surface area contributed by atoms with Gasteiger partial charge < -0.3 is 15.0 Å². The topological polar surface area (TPSA) is 98.6 Å². The van der Waals surface area contributed by atoms with Gasteiger partial charge in [-0.2, -0.15) is 5.26 Å². The Kier molecular flexibility index (Phi) is 5.98. The number of likely N-dealkylation sites (tertiary alicyclic amines) is 1. The van der Waals surface area contributed by atoms with Crippen molar-refractivity contribution < 1.29 is 14.3 Å². The van der Waals surface area contributed by atoms with Crippen molar-refractivity contribution in [1.82, 2.24) is 9.88 Å². The number of nitrogens with one attached hydrogen (secondary N) is 1. The molecule has 0 spiro atoms. The van der Waals surface area contributed by atoms with E-state index in [0.29, 0.717) is 29.9 Å². The number of carbonyl (C=O) groups excluding carboxylic acids is 2. The van der Waals surface area contributed by atoms with Crippen LogP contribution in [-0.4, -0.2) is 46.6 Å². The van der Waals surface area contributed by atoms with Gasteiger partial charge in [-0.15, -0.1) is 0 Å². The first-order chi connectivity index (χ1) is 16.0. The first kappa shape index (κ1) is 23.6. The maximum absolute atomic E-state index is 13.3. The van der Waals surface area contributed by atoms with Crippen LogP contribution in [0.2, 0.25) is 0 Å². The summed E-state index contributed by atoms with van der Waals surface area (Å²) in [5, 5.41) is 12.8. The second kappa shape index (κ2) is 8.64. The lowest BCUT2D eigenvalue weighted by Crippen LogP contribution is -2.44. The van der Waals surface area contributed by atoms with Crippen LogP contribution in [0.4, 0.5) is 16.2 Å². The van der Waals surface area contributed by atoms with Gasteiger partial charge in [0.25, 0.3) is 5.91 Å². The van der Waals surface area contributed by atoms with E-state index in [0.717, 1.165) is 24.1 Å². The molecule has 1 saturated heterocycles. The van der Waals surface area contributed by atoms with Crippen LogP contribution in [-0.2, 0) is 10.3 Å². The van der Waals surface area contributed by atoms with E-state index in [1.54, 1.807) is 40.4 Å². The molecule has 0 atom stereocenters. The number of hydrogen-bond donors (Lipinski definition) is 1. The zero-order valence-corrected chi connectivity index (χ0v) is 20.4. The lowest BCUT2D eigenvalue weighted by molar-refractivity contribution is 0.0210. The molecular weight excluding hydrogens is 430 g/mol. The lowest BCUT2D eigenvalue weighted by atomic mass is 9.92. The molecule has 2 aliphatic rings. The largest absolute Gasteiger partial charge is 0.444 e. The maximum Gasteiger partial charge on any atom is 0.410 e. The number of hydrogen-bond acceptors (Lipinski definition) is 6. The summed E-state index contributed by atoms with van der Waals surface area (Å²) >= 11 is 0. The van der Waals surface area contributed by atoms with Gasteiger partial charge in [-0.3, -0.25) is 14.7 Å². The Morgan fingerprint density at radius 3 is 2.56 bits per heavy atom. The molecule has 2 aromatic rings. The predicted octanol–water partition coefficient (Wildman–Crippen LogP) is 4.66. The normalized spacial score (nSPS) is 17.8. The molecule has 1 aromatic heterocycles. The van der Waals surface area contributed by atoms with Crippen molar-refractivity contribution in [2.45, 2.75) is 64.6 Å². The van der Waals surface area contributed by atoms with Crippen LogP contribution >= 0.6 is 0 Å². The fraction of sp³-hybridized carbons (Fsp3) is 0.462. The number of aromatic nitrogens is 1. The quantitative estimate of drug-likeness (QED) is 0.714. The molecule has 2 amide bonds. The van der Waals surface area contributed by atoms with Gasteiger partial charge in [0.2, 0.25) is 0 Å². The van der Waals surface area contributed by atoms with Crippen molar-refractivity contribution in [3.8, 4) is 6.07 Å². The highest BCUT2D eigenvalue weighted by Gasteiger charge is 2.44. The van der Waals surface area contributed by atoms with Gasteiger partial charge in [-0.1, -0.05) is 0 Å². The summed E-state index contributed by atoms with van der Waals surface area (Å²) in [4.78, 5) is 33.4. The number of ether oxygens (including phenoxy) is 1. The second-order valence-electron chi connectivity index (χ2n) is 10.4. The number of benzene rings is 1. The first-order valence-electron chi connectivity index (χ1n) is 11.6. The molecule has 4 rings (SSSR count). The molecule has 1 fully saturated rings. The highest BCUT2D eigenvalue weighted by molar-refractivity contribution is 6.12. The zero-order chi connectivity index (χ0) is 24.7. The van der Waals surface area contributed by atoms with Crippen LogP contribution in [0.5, 0.6) is 0 Å². The molecule has 1 aromatic carbocycles. The van der Waals surface area contributed by atoms with Crippen LogP contribution in [0.1, 0.15) is 68.9 Å². The van der Waals surface area contributed by atoms with Gasteiger partial charge in [0.15, 0.2) is 0 Å². The fourth-order valence-electron chi connectivity index (χ4n) is 4.64. The average molecular weight is 462 g/mol. The zero-order valence-electron chi connectivity index (χ0n) is 20.4. The molecule has 178 valence electrons. The van der Waals surface area contributed by atoms with Gasteiger partial charge in [0.05, 0.1) is 40.9 Å². The first-order valence-corrected chi connectivity index (χ1v) is 11.6. The molecule has 8 nitrogen and oxygen atoms in total. The van der Waals surface area contributed by atoms with Gasteiger partial charge in [-0.25, -0.2) is 4.79 Å². The average Bonchev–Trinajstić information content (AvgIpc) is 2.98. The number of rotatable bonds is 3. The molecule has 0 aliphatic carbocycles. The molecule has 0 bridgehead atoms. The maximum atomic E-state index is 13.3. The Hall–Kier alpha value is -3.60. The number of piperidine rings is 1. The van der Waals surface area contributed by atoms with E-state index in [4.69, 9.17) is 4.74 Å². The van der Waals surface area contributed by atoms with Crippen molar-refractivity contribution in [3.63, 3.8) is 0 Å². The van der Waals surface area contributed by atoms with Crippen molar-refractivity contribution in [1.29, 1.82) is 5.26 Å². The standard InChI is InChI=1S/C26H31N5O3/c1-25(2,3)34-24(33)30-10-8-18(9-11-30)29-19-13-20(16-28-15-19)31-23(32)21-7-6-17(14-27)12-22(21)26(31,4)5/h6-7,12-13,15-16,18,29H,8-11H2,1-5H3. The molecular formula is C26H31N5O3. The minimum atomic E-state index is -0.613.